The summed E-state index contributed by atoms with van der Waals surface area (Å²) in [5, 5.41) is 19.7. The summed E-state index contributed by atoms with van der Waals surface area (Å²) < 4.78 is 0. The third-order valence-corrected chi connectivity index (χ3v) is 4.06. The number of allylic oxidation sites excluding steroid dienone is 3. The van der Waals surface area contributed by atoms with Crippen molar-refractivity contribution < 1.29 is 10.2 Å². The van der Waals surface area contributed by atoms with Gasteiger partial charge in [0.25, 0.3) is 0 Å². The number of rotatable bonds is 2. The van der Waals surface area contributed by atoms with E-state index in [-0.39, 0.29) is 17.4 Å². The number of aromatic hydroxyl groups is 2. The van der Waals surface area contributed by atoms with Crippen LogP contribution in [0.3, 0.4) is 0 Å². The molecule has 1 aromatic rings. The summed E-state index contributed by atoms with van der Waals surface area (Å²) in [6, 6.07) is 3.14. The first kappa shape index (κ1) is 13.7. The van der Waals surface area contributed by atoms with Crippen LogP contribution in [0, 0.1) is 12.8 Å². The van der Waals surface area contributed by atoms with Gasteiger partial charge in [-0.15, -0.1) is 0 Å². The van der Waals surface area contributed by atoms with Gasteiger partial charge in [0.2, 0.25) is 0 Å². The van der Waals surface area contributed by atoms with Crippen molar-refractivity contribution in [1.82, 2.24) is 0 Å². The van der Waals surface area contributed by atoms with Gasteiger partial charge in [-0.2, -0.15) is 0 Å². The first-order valence-corrected chi connectivity index (χ1v) is 6.75. The number of phenols is 2. The van der Waals surface area contributed by atoms with Crippen LogP contribution in [-0.2, 0) is 0 Å². The summed E-state index contributed by atoms with van der Waals surface area (Å²) in [5.74, 6) is 0.812. The molecule has 2 N–H and O–H groups in total. The Kier molecular flexibility index (Phi) is 3.70. The van der Waals surface area contributed by atoms with E-state index < -0.39 is 0 Å². The maximum absolute atomic E-state index is 10.2. The summed E-state index contributed by atoms with van der Waals surface area (Å²) in [7, 11) is 0. The van der Waals surface area contributed by atoms with Crippen LogP contribution in [0.2, 0.25) is 0 Å². The molecule has 0 saturated carbocycles. The molecule has 2 heteroatoms. The molecule has 2 rings (SSSR count). The molecule has 0 fully saturated rings. The highest BCUT2D eigenvalue weighted by Gasteiger charge is 2.28. The van der Waals surface area contributed by atoms with Crippen LogP contribution in [0.5, 0.6) is 11.5 Å². The molecule has 0 heterocycles. The van der Waals surface area contributed by atoms with Gasteiger partial charge >= 0.3 is 0 Å². The van der Waals surface area contributed by atoms with Gasteiger partial charge < -0.3 is 10.2 Å². The molecule has 1 unspecified atom stereocenters. The second-order valence-corrected chi connectivity index (χ2v) is 5.73. The zero-order valence-electron chi connectivity index (χ0n) is 11.9. The lowest BCUT2D eigenvalue weighted by molar-refractivity contribution is 0.424. The topological polar surface area (TPSA) is 40.5 Å². The number of phenolic OH excluding ortho intramolecular Hbond substituents is 2. The van der Waals surface area contributed by atoms with Crippen molar-refractivity contribution in [3.8, 4) is 11.5 Å². The van der Waals surface area contributed by atoms with Crippen molar-refractivity contribution in [2.24, 2.45) is 5.92 Å². The summed E-state index contributed by atoms with van der Waals surface area (Å²) in [6.07, 6.45) is 4.40. The molecule has 0 radical (unpaired) electrons. The fourth-order valence-electron chi connectivity index (χ4n) is 3.10. The van der Waals surface area contributed by atoms with E-state index in [9.17, 15) is 10.2 Å². The lowest BCUT2D eigenvalue weighted by atomic mass is 9.73. The van der Waals surface area contributed by atoms with E-state index in [4.69, 9.17) is 0 Å². The average molecular weight is 258 g/mol. The van der Waals surface area contributed by atoms with E-state index in [1.807, 2.05) is 6.92 Å². The largest absolute Gasteiger partial charge is 0.508 e. The smallest absolute Gasteiger partial charge is 0.123 e. The predicted octanol–water partition coefficient (Wildman–Crippen LogP) is 4.42. The Hall–Kier alpha value is -1.70. The van der Waals surface area contributed by atoms with Crippen molar-refractivity contribution in [2.45, 2.75) is 39.5 Å². The third-order valence-electron chi connectivity index (χ3n) is 4.06. The molecule has 1 aliphatic rings. The van der Waals surface area contributed by atoms with Crippen molar-refractivity contribution >= 4 is 0 Å². The molecule has 1 aliphatic carbocycles. The first-order valence-electron chi connectivity index (χ1n) is 6.75. The molecular weight excluding hydrogens is 236 g/mol. The molecule has 0 saturated heterocycles. The molecule has 2 nitrogen and oxygen atoms in total. The summed E-state index contributed by atoms with van der Waals surface area (Å²) >= 11 is 0. The van der Waals surface area contributed by atoms with Gasteiger partial charge in [0.05, 0.1) is 0 Å². The van der Waals surface area contributed by atoms with Gasteiger partial charge in [-0.25, -0.2) is 0 Å². The molecule has 102 valence electrons. The Morgan fingerprint density at radius 2 is 1.95 bits per heavy atom. The van der Waals surface area contributed by atoms with Crippen LogP contribution >= 0.6 is 0 Å². The van der Waals surface area contributed by atoms with Crippen LogP contribution in [0.1, 0.15) is 43.7 Å². The van der Waals surface area contributed by atoms with E-state index in [1.165, 1.54) is 11.6 Å². The monoisotopic (exact) mass is 258 g/mol. The molecular formula is C17H22O2. The molecule has 0 aromatic heterocycles. The van der Waals surface area contributed by atoms with Gasteiger partial charge in [-0.3, -0.25) is 0 Å². The van der Waals surface area contributed by atoms with Crippen LogP contribution in [0.15, 0.2) is 35.9 Å². The van der Waals surface area contributed by atoms with E-state index in [0.29, 0.717) is 5.92 Å². The SMILES string of the molecule is C=C(C)[C@@H]1CCC(C)=CC1c1c(C)cc(O)cc1O. The Bertz CT molecular complexity index is 517. The molecule has 1 aromatic carbocycles. The number of hydrogen-bond donors (Lipinski definition) is 2. The molecule has 0 aliphatic heterocycles. The fraction of sp³-hybridized carbons (Fsp3) is 0.412. The zero-order chi connectivity index (χ0) is 14.2. The Morgan fingerprint density at radius 1 is 1.26 bits per heavy atom. The second kappa shape index (κ2) is 5.12. The highest BCUT2D eigenvalue weighted by atomic mass is 16.3. The maximum atomic E-state index is 10.2. The summed E-state index contributed by atoms with van der Waals surface area (Å²) in [4.78, 5) is 0. The normalized spacial score (nSPS) is 23.0. The standard InChI is InChI=1S/C17H22O2/c1-10(2)14-6-5-11(3)7-15(14)17-12(4)8-13(18)9-16(17)19/h7-9,14-15,18-19H,1,5-6H2,2-4H3/t14-,15?/m0/s1. The van der Waals surface area contributed by atoms with Crippen LogP contribution in [0.25, 0.3) is 0 Å². The second-order valence-electron chi connectivity index (χ2n) is 5.73. The quantitative estimate of drug-likeness (QED) is 0.771. The van der Waals surface area contributed by atoms with Crippen molar-refractivity contribution in [1.29, 1.82) is 0 Å². The molecule has 0 bridgehead atoms. The van der Waals surface area contributed by atoms with Gasteiger partial charge in [0.1, 0.15) is 11.5 Å². The van der Waals surface area contributed by atoms with E-state index in [1.54, 1.807) is 6.07 Å². The van der Waals surface area contributed by atoms with Crippen molar-refractivity contribution in [2.75, 3.05) is 0 Å². The van der Waals surface area contributed by atoms with Crippen LogP contribution in [-0.4, -0.2) is 10.2 Å². The van der Waals surface area contributed by atoms with Gasteiger partial charge in [-0.05, 0) is 51.2 Å². The molecule has 0 amide bonds. The van der Waals surface area contributed by atoms with Crippen LogP contribution < -0.4 is 0 Å². The Labute approximate surface area is 115 Å². The highest BCUT2D eigenvalue weighted by Crippen LogP contribution is 2.44. The van der Waals surface area contributed by atoms with E-state index in [0.717, 1.165) is 29.5 Å². The minimum absolute atomic E-state index is 0.113. The molecule has 2 atom stereocenters. The van der Waals surface area contributed by atoms with Gasteiger partial charge in [0, 0.05) is 17.5 Å². The van der Waals surface area contributed by atoms with E-state index in [2.05, 4.69) is 26.5 Å². The number of hydrogen-bond acceptors (Lipinski definition) is 2. The Balaban J connectivity index is 2.54. The minimum atomic E-state index is 0.113. The van der Waals surface area contributed by atoms with Crippen molar-refractivity contribution in [3.63, 3.8) is 0 Å². The lowest BCUT2D eigenvalue weighted by Crippen LogP contribution is -2.17. The molecule has 19 heavy (non-hydrogen) atoms. The lowest BCUT2D eigenvalue weighted by Gasteiger charge is -2.32. The zero-order valence-corrected chi connectivity index (χ0v) is 11.9. The summed E-state index contributed by atoms with van der Waals surface area (Å²) in [5.41, 5.74) is 4.36. The summed E-state index contributed by atoms with van der Waals surface area (Å²) in [6.45, 7) is 10.2. The first-order chi connectivity index (χ1) is 8.90. The van der Waals surface area contributed by atoms with Gasteiger partial charge in [-0.1, -0.05) is 23.8 Å². The average Bonchev–Trinajstić information content (AvgIpc) is 2.27. The number of benzene rings is 1. The van der Waals surface area contributed by atoms with Crippen molar-refractivity contribution in [3.05, 3.63) is 47.1 Å². The van der Waals surface area contributed by atoms with E-state index >= 15 is 0 Å². The predicted molar refractivity (Wildman–Crippen MR) is 78.5 cm³/mol. The minimum Gasteiger partial charge on any atom is -0.508 e. The maximum Gasteiger partial charge on any atom is 0.123 e. The molecule has 0 spiro atoms. The van der Waals surface area contributed by atoms with Crippen LogP contribution in [0.4, 0.5) is 0 Å². The Morgan fingerprint density at radius 3 is 2.53 bits per heavy atom. The highest BCUT2D eigenvalue weighted by molar-refractivity contribution is 5.49. The third kappa shape index (κ3) is 2.67. The number of aryl methyl sites for hydroxylation is 1. The fourth-order valence-corrected chi connectivity index (χ4v) is 3.10. The van der Waals surface area contributed by atoms with Gasteiger partial charge in [0.15, 0.2) is 0 Å².